The Morgan fingerprint density at radius 3 is 2.70 bits per heavy atom. The molecule has 3 aliphatic carbocycles. The highest BCUT2D eigenvalue weighted by atomic mass is 19.1. The number of nitrogens with two attached hydrogens (primary N) is 1. The molecule has 3 fully saturated rings. The third-order valence-electron chi connectivity index (χ3n) is 10.5. The fourth-order valence-corrected chi connectivity index (χ4v) is 8.64. The summed E-state index contributed by atoms with van der Waals surface area (Å²) in [5.74, 6) is -0.00846. The van der Waals surface area contributed by atoms with Gasteiger partial charge >= 0.3 is 0 Å². The van der Waals surface area contributed by atoms with E-state index < -0.39 is 41.2 Å². The van der Waals surface area contributed by atoms with Gasteiger partial charge in [0.15, 0.2) is 11.3 Å². The van der Waals surface area contributed by atoms with Crippen molar-refractivity contribution < 1.29 is 28.9 Å². The molecule has 2 aliphatic heterocycles. The summed E-state index contributed by atoms with van der Waals surface area (Å²) in [7, 11) is 3.61. The molecule has 2 aromatic rings. The lowest BCUT2D eigenvalue weighted by molar-refractivity contribution is -0.308. The van der Waals surface area contributed by atoms with E-state index >= 15 is 4.39 Å². The van der Waals surface area contributed by atoms with E-state index in [0.29, 0.717) is 35.9 Å². The lowest BCUT2D eigenvalue weighted by atomic mass is 9.55. The smallest absolute Gasteiger partial charge is 0.292 e. The Labute approximate surface area is 214 Å². The fraction of sp³-hybridized carbons (Fsp3) is 0.607. The molecule has 9 atom stereocenters. The summed E-state index contributed by atoms with van der Waals surface area (Å²) >= 11 is 0. The van der Waals surface area contributed by atoms with E-state index in [9.17, 15) is 15.3 Å². The third kappa shape index (κ3) is 2.67. The Hall–Kier alpha value is -2.30. The Kier molecular flexibility index (Phi) is 4.64. The van der Waals surface area contributed by atoms with Gasteiger partial charge in [0.2, 0.25) is 0 Å². The van der Waals surface area contributed by atoms with Crippen LogP contribution < -0.4 is 5.73 Å². The number of anilines is 1. The average molecular weight is 512 g/mol. The molecule has 9 unspecified atom stereocenters. The van der Waals surface area contributed by atoms with E-state index in [1.807, 2.05) is 38.4 Å². The standard InChI is InChI=1S/C28H34FN3O5/c1-25-9-8-16-22(34)28(29)23(35)21(33)18(32(2)3)13-26(28)10-11-27(16,37-26)20(25)7-5-15(25)14-4-6-17-19(12-14)36-24(30)31-17/h4-6,8,12,18,20-23,33-35H,7,9-11,13H2,1-3H3,(H2,30,31). The van der Waals surface area contributed by atoms with Crippen LogP contribution in [-0.2, 0) is 4.74 Å². The van der Waals surface area contributed by atoms with Crippen molar-refractivity contribution in [3.8, 4) is 0 Å². The molecule has 2 bridgehead atoms. The van der Waals surface area contributed by atoms with Crippen molar-refractivity contribution in [3.05, 3.63) is 41.5 Å². The number of aromatic nitrogens is 1. The SMILES string of the molecule is CN(C)C1CC23CCC4(O2)C(=CCC2(C)C(c5ccc6nc(N)oc6c5)=CCC24)C(O)C3(F)C(O)C1O. The van der Waals surface area contributed by atoms with Gasteiger partial charge in [0.25, 0.3) is 6.01 Å². The van der Waals surface area contributed by atoms with Gasteiger partial charge in [-0.1, -0.05) is 25.1 Å². The van der Waals surface area contributed by atoms with Crippen LogP contribution in [0.2, 0.25) is 0 Å². The summed E-state index contributed by atoms with van der Waals surface area (Å²) in [5, 5.41) is 33.5. The van der Waals surface area contributed by atoms with Crippen LogP contribution >= 0.6 is 0 Å². The number of nitrogens with zero attached hydrogens (tertiary/aromatic N) is 2. The van der Waals surface area contributed by atoms with Crippen LogP contribution in [0.4, 0.5) is 10.4 Å². The van der Waals surface area contributed by atoms with E-state index in [4.69, 9.17) is 14.9 Å². The molecule has 0 amide bonds. The molecule has 37 heavy (non-hydrogen) atoms. The molecule has 5 N–H and O–H groups in total. The second-order valence-corrected chi connectivity index (χ2v) is 12.2. The Balaban J connectivity index is 1.32. The number of oxazole rings is 1. The Bertz CT molecular complexity index is 1370. The molecule has 1 saturated carbocycles. The van der Waals surface area contributed by atoms with Crippen LogP contribution in [0, 0.1) is 11.3 Å². The van der Waals surface area contributed by atoms with Crippen molar-refractivity contribution in [1.82, 2.24) is 9.88 Å². The number of likely N-dealkylation sites (N-methyl/N-ethyl adjacent to an activating group) is 1. The molecule has 1 aromatic heterocycles. The maximum atomic E-state index is 17.0. The first-order valence-corrected chi connectivity index (χ1v) is 13.1. The summed E-state index contributed by atoms with van der Waals surface area (Å²) in [4.78, 5) is 6.01. The van der Waals surface area contributed by atoms with Gasteiger partial charge in [-0.25, -0.2) is 4.39 Å². The van der Waals surface area contributed by atoms with Crippen molar-refractivity contribution >= 4 is 22.7 Å². The molecule has 2 saturated heterocycles. The second kappa shape index (κ2) is 7.21. The number of allylic oxidation sites excluding steroid dienone is 3. The number of nitrogen functional groups attached to an aromatic ring is 1. The number of hydrogen-bond acceptors (Lipinski definition) is 8. The van der Waals surface area contributed by atoms with Crippen LogP contribution in [0.1, 0.15) is 44.6 Å². The van der Waals surface area contributed by atoms with Gasteiger partial charge in [-0.15, -0.1) is 0 Å². The molecule has 9 heteroatoms. The third-order valence-corrected chi connectivity index (χ3v) is 10.5. The molecule has 1 aromatic carbocycles. The molecule has 0 radical (unpaired) electrons. The Morgan fingerprint density at radius 2 is 1.95 bits per heavy atom. The number of halogens is 1. The summed E-state index contributed by atoms with van der Waals surface area (Å²) in [6.45, 7) is 2.22. The first-order valence-electron chi connectivity index (χ1n) is 13.1. The number of fused-ring (bicyclic) bond motifs is 2. The molecule has 8 nitrogen and oxygen atoms in total. The molecule has 5 aliphatic rings. The van der Waals surface area contributed by atoms with Crippen molar-refractivity contribution in [2.45, 2.75) is 80.3 Å². The number of rotatable bonds is 2. The van der Waals surface area contributed by atoms with E-state index in [0.717, 1.165) is 12.0 Å². The molecule has 198 valence electrons. The molecule has 7 rings (SSSR count). The highest BCUT2D eigenvalue weighted by molar-refractivity contribution is 5.83. The summed E-state index contributed by atoms with van der Waals surface area (Å²) < 4.78 is 29.5. The minimum absolute atomic E-state index is 0.00846. The zero-order valence-electron chi connectivity index (χ0n) is 21.3. The van der Waals surface area contributed by atoms with Crippen LogP contribution in [0.5, 0.6) is 0 Å². The fourth-order valence-electron chi connectivity index (χ4n) is 8.64. The van der Waals surface area contributed by atoms with Gasteiger partial charge in [-0.3, -0.25) is 0 Å². The van der Waals surface area contributed by atoms with Crippen molar-refractivity contribution in [2.24, 2.45) is 11.3 Å². The van der Waals surface area contributed by atoms with Crippen molar-refractivity contribution in [3.63, 3.8) is 0 Å². The summed E-state index contributed by atoms with van der Waals surface area (Å²) in [5.41, 5.74) is 4.80. The molecule has 2 spiro atoms. The van der Waals surface area contributed by atoms with Crippen LogP contribution in [-0.4, -0.2) is 80.5 Å². The lowest BCUT2D eigenvalue weighted by Gasteiger charge is -2.62. The number of aliphatic hydroxyl groups is 3. The second-order valence-electron chi connectivity index (χ2n) is 12.2. The first-order chi connectivity index (χ1) is 17.5. The van der Waals surface area contributed by atoms with Crippen molar-refractivity contribution in [2.75, 3.05) is 19.8 Å². The number of alkyl halides is 1. The summed E-state index contributed by atoms with van der Waals surface area (Å²) in [6.07, 6.45) is 1.99. The van der Waals surface area contributed by atoms with Crippen LogP contribution in [0.3, 0.4) is 0 Å². The van der Waals surface area contributed by atoms with Crippen molar-refractivity contribution in [1.29, 1.82) is 0 Å². The van der Waals surface area contributed by atoms with Gasteiger partial charge in [0.1, 0.15) is 23.3 Å². The molecular weight excluding hydrogens is 477 g/mol. The minimum atomic E-state index is -2.48. The topological polar surface area (TPSA) is 125 Å². The predicted molar refractivity (Wildman–Crippen MR) is 135 cm³/mol. The molecular formula is C28H34FN3O5. The van der Waals surface area contributed by atoms with E-state index in [1.54, 1.807) is 4.90 Å². The van der Waals surface area contributed by atoms with Gasteiger partial charge in [0.05, 0.1) is 11.7 Å². The zero-order chi connectivity index (χ0) is 26.1. The largest absolute Gasteiger partial charge is 0.424 e. The van der Waals surface area contributed by atoms with Gasteiger partial charge in [-0.2, -0.15) is 4.98 Å². The zero-order valence-corrected chi connectivity index (χ0v) is 21.3. The number of aliphatic hydroxyl groups excluding tert-OH is 3. The molecule has 3 heterocycles. The maximum absolute atomic E-state index is 17.0. The van der Waals surface area contributed by atoms with Gasteiger partial charge < -0.3 is 35.1 Å². The minimum Gasteiger partial charge on any atom is -0.424 e. The van der Waals surface area contributed by atoms with E-state index in [1.165, 1.54) is 5.57 Å². The monoisotopic (exact) mass is 511 g/mol. The highest BCUT2D eigenvalue weighted by Crippen LogP contribution is 2.70. The van der Waals surface area contributed by atoms with Crippen LogP contribution in [0.15, 0.2) is 40.3 Å². The van der Waals surface area contributed by atoms with Gasteiger partial charge in [0, 0.05) is 17.4 Å². The summed E-state index contributed by atoms with van der Waals surface area (Å²) in [6, 6.07) is 5.55. The first kappa shape index (κ1) is 23.8. The average Bonchev–Trinajstić information content (AvgIpc) is 3.51. The maximum Gasteiger partial charge on any atom is 0.292 e. The number of ether oxygens (including phenoxy) is 1. The predicted octanol–water partition coefficient (Wildman–Crippen LogP) is 2.58. The highest BCUT2D eigenvalue weighted by Gasteiger charge is 2.79. The number of hydrogen-bond donors (Lipinski definition) is 4. The number of benzene rings is 1. The van der Waals surface area contributed by atoms with E-state index in [-0.39, 0.29) is 23.8 Å². The van der Waals surface area contributed by atoms with Crippen LogP contribution in [0.25, 0.3) is 16.7 Å². The lowest BCUT2D eigenvalue weighted by Crippen LogP contribution is -2.78. The van der Waals surface area contributed by atoms with E-state index in [2.05, 4.69) is 18.0 Å². The van der Waals surface area contributed by atoms with Gasteiger partial charge in [-0.05, 0) is 75.0 Å². The normalized spacial score (nSPS) is 46.4. The quantitative estimate of drug-likeness (QED) is 0.454. The Morgan fingerprint density at radius 1 is 1.16 bits per heavy atom.